The van der Waals surface area contributed by atoms with Crippen molar-refractivity contribution in [2.75, 3.05) is 6.79 Å². The summed E-state index contributed by atoms with van der Waals surface area (Å²) in [5, 5.41) is 0. The van der Waals surface area contributed by atoms with E-state index >= 15 is 0 Å². The number of allylic oxidation sites excluding steroid dienone is 1. The summed E-state index contributed by atoms with van der Waals surface area (Å²) in [4.78, 5) is 0. The molecule has 0 aromatic heterocycles. The molecular weight excluding hydrogens is 356 g/mol. The van der Waals surface area contributed by atoms with Gasteiger partial charge in [0.05, 0.1) is 0 Å². The van der Waals surface area contributed by atoms with Gasteiger partial charge in [-0.2, -0.15) is 0 Å². The fourth-order valence-electron chi connectivity index (χ4n) is 6.03. The van der Waals surface area contributed by atoms with Gasteiger partial charge in [0.1, 0.15) is 0 Å². The van der Waals surface area contributed by atoms with Crippen LogP contribution >= 0.6 is 0 Å². The van der Waals surface area contributed by atoms with Crippen molar-refractivity contribution in [2.45, 2.75) is 32.6 Å². The molecule has 1 atom stereocenters. The highest BCUT2D eigenvalue weighted by atomic mass is 16.7. The van der Waals surface area contributed by atoms with Crippen LogP contribution in [-0.4, -0.2) is 6.79 Å². The van der Waals surface area contributed by atoms with E-state index in [0.29, 0.717) is 18.6 Å². The Kier molecular flexibility index (Phi) is 3.36. The second kappa shape index (κ2) is 5.76. The summed E-state index contributed by atoms with van der Waals surface area (Å²) >= 11 is 0. The largest absolute Gasteiger partial charge is 0.454 e. The molecule has 0 radical (unpaired) electrons. The maximum Gasteiger partial charge on any atom is 0.231 e. The fraction of sp³-hybridized carbons (Fsp3) is 0.259. The lowest BCUT2D eigenvalue weighted by atomic mass is 9.63. The van der Waals surface area contributed by atoms with Gasteiger partial charge in [-0.25, -0.2) is 0 Å². The van der Waals surface area contributed by atoms with E-state index in [1.165, 1.54) is 39.0 Å². The van der Waals surface area contributed by atoms with E-state index in [1.54, 1.807) is 0 Å². The van der Waals surface area contributed by atoms with Crippen molar-refractivity contribution in [1.29, 1.82) is 0 Å². The zero-order valence-electron chi connectivity index (χ0n) is 17.0. The van der Waals surface area contributed by atoms with E-state index in [9.17, 15) is 0 Å². The summed E-state index contributed by atoms with van der Waals surface area (Å²) in [7, 11) is 0. The van der Waals surface area contributed by atoms with Crippen LogP contribution in [0.4, 0.5) is 0 Å². The van der Waals surface area contributed by atoms with Gasteiger partial charge in [0.15, 0.2) is 11.5 Å². The van der Waals surface area contributed by atoms with Gasteiger partial charge >= 0.3 is 0 Å². The normalized spacial score (nSPS) is 19.0. The molecule has 3 aliphatic rings. The second-order valence-electron chi connectivity index (χ2n) is 9.08. The van der Waals surface area contributed by atoms with Crippen molar-refractivity contribution in [2.24, 2.45) is 5.41 Å². The third kappa shape index (κ3) is 2.23. The summed E-state index contributed by atoms with van der Waals surface area (Å²) in [6.07, 6.45) is 2.33. The minimum atomic E-state index is 0.00222. The lowest BCUT2D eigenvalue weighted by Crippen LogP contribution is -2.29. The average Bonchev–Trinajstić information content (AvgIpc) is 3.38. The lowest BCUT2D eigenvalue weighted by Gasteiger charge is -2.40. The highest BCUT2D eigenvalue weighted by Crippen LogP contribution is 2.61. The molecule has 3 aromatic rings. The van der Waals surface area contributed by atoms with E-state index < -0.39 is 0 Å². The molecule has 2 nitrogen and oxygen atoms in total. The molecule has 2 aliphatic carbocycles. The summed E-state index contributed by atoms with van der Waals surface area (Å²) in [6.45, 7) is 7.45. The SMILES string of the molecule is CC1=Cc2cc3c(cc2C1C(C)(C)C1c2ccccc2-c2ccccc21)OCO3. The smallest absolute Gasteiger partial charge is 0.231 e. The monoisotopic (exact) mass is 380 g/mol. The van der Waals surface area contributed by atoms with Crippen LogP contribution in [0.25, 0.3) is 17.2 Å². The minimum Gasteiger partial charge on any atom is -0.454 e. The van der Waals surface area contributed by atoms with Gasteiger partial charge in [0.25, 0.3) is 0 Å². The van der Waals surface area contributed by atoms with E-state index in [0.717, 1.165) is 11.5 Å². The Hall–Kier alpha value is -3.00. The van der Waals surface area contributed by atoms with Gasteiger partial charge in [0.2, 0.25) is 6.79 Å². The van der Waals surface area contributed by atoms with Crippen molar-refractivity contribution in [3.05, 3.63) is 88.5 Å². The van der Waals surface area contributed by atoms with Crippen LogP contribution in [0.1, 0.15) is 54.9 Å². The first-order valence-electron chi connectivity index (χ1n) is 10.4. The Morgan fingerprint density at radius 3 is 2.00 bits per heavy atom. The van der Waals surface area contributed by atoms with Crippen molar-refractivity contribution in [3.63, 3.8) is 0 Å². The van der Waals surface area contributed by atoms with Crippen molar-refractivity contribution >= 4 is 6.08 Å². The quantitative estimate of drug-likeness (QED) is 0.489. The molecule has 2 heteroatoms. The topological polar surface area (TPSA) is 18.5 Å². The zero-order valence-corrected chi connectivity index (χ0v) is 17.0. The molecule has 0 saturated carbocycles. The molecule has 0 saturated heterocycles. The molecule has 0 fully saturated rings. The van der Waals surface area contributed by atoms with E-state index in [1.807, 2.05) is 0 Å². The maximum absolute atomic E-state index is 5.71. The zero-order chi connectivity index (χ0) is 19.8. The molecular formula is C27H24O2. The van der Waals surface area contributed by atoms with E-state index in [-0.39, 0.29) is 5.41 Å². The van der Waals surface area contributed by atoms with Crippen LogP contribution in [0.15, 0.2) is 66.2 Å². The molecule has 144 valence electrons. The summed E-state index contributed by atoms with van der Waals surface area (Å²) in [5.41, 5.74) is 9.70. The van der Waals surface area contributed by atoms with E-state index in [2.05, 4.69) is 87.5 Å². The molecule has 1 heterocycles. The van der Waals surface area contributed by atoms with Crippen LogP contribution in [0.2, 0.25) is 0 Å². The van der Waals surface area contributed by atoms with Crippen LogP contribution < -0.4 is 9.47 Å². The van der Waals surface area contributed by atoms with Gasteiger partial charge in [-0.1, -0.05) is 74.0 Å². The molecule has 0 spiro atoms. The predicted octanol–water partition coefficient (Wildman–Crippen LogP) is 6.75. The molecule has 0 amide bonds. The Morgan fingerprint density at radius 2 is 1.34 bits per heavy atom. The molecule has 0 N–H and O–H groups in total. The Bertz CT molecular complexity index is 1140. The third-order valence-electron chi connectivity index (χ3n) is 7.05. The predicted molar refractivity (Wildman–Crippen MR) is 116 cm³/mol. The molecule has 1 aliphatic heterocycles. The molecule has 6 rings (SSSR count). The summed E-state index contributed by atoms with van der Waals surface area (Å²) in [6, 6.07) is 22.2. The highest BCUT2D eigenvalue weighted by Gasteiger charge is 2.46. The number of rotatable bonds is 2. The summed E-state index contributed by atoms with van der Waals surface area (Å²) in [5.74, 6) is 2.42. The minimum absolute atomic E-state index is 0.00222. The van der Waals surface area contributed by atoms with Crippen molar-refractivity contribution in [3.8, 4) is 22.6 Å². The number of benzene rings is 3. The highest BCUT2D eigenvalue weighted by molar-refractivity contribution is 5.80. The second-order valence-corrected chi connectivity index (χ2v) is 9.08. The fourth-order valence-corrected chi connectivity index (χ4v) is 6.03. The standard InChI is InChI=1S/C27H24O2/c1-16-12-17-13-23-24(29-15-28-23)14-22(17)25(16)27(2,3)26-20-10-6-4-8-18(20)19-9-5-7-11-21(19)26/h4-14,25-26H,15H2,1-3H3. The van der Waals surface area contributed by atoms with Crippen LogP contribution in [0.5, 0.6) is 11.5 Å². The van der Waals surface area contributed by atoms with Crippen molar-refractivity contribution < 1.29 is 9.47 Å². The molecule has 29 heavy (non-hydrogen) atoms. The first-order chi connectivity index (χ1) is 14.1. The lowest BCUT2D eigenvalue weighted by molar-refractivity contribution is 0.174. The molecule has 3 aromatic carbocycles. The van der Waals surface area contributed by atoms with Crippen molar-refractivity contribution in [1.82, 2.24) is 0 Å². The third-order valence-corrected chi connectivity index (χ3v) is 7.05. The van der Waals surface area contributed by atoms with Gasteiger partial charge in [-0.15, -0.1) is 0 Å². The summed E-state index contributed by atoms with van der Waals surface area (Å²) < 4.78 is 11.3. The van der Waals surface area contributed by atoms with Gasteiger partial charge in [-0.05, 0) is 57.9 Å². The maximum atomic E-state index is 5.71. The number of hydrogen-bond acceptors (Lipinski definition) is 2. The Morgan fingerprint density at radius 1 is 0.759 bits per heavy atom. The first kappa shape index (κ1) is 16.9. The van der Waals surface area contributed by atoms with Gasteiger partial charge < -0.3 is 9.47 Å². The van der Waals surface area contributed by atoms with Gasteiger partial charge in [0, 0.05) is 11.8 Å². The Labute approximate surface area is 171 Å². The van der Waals surface area contributed by atoms with Gasteiger partial charge in [-0.3, -0.25) is 0 Å². The first-order valence-corrected chi connectivity index (χ1v) is 10.4. The molecule has 1 unspecified atom stereocenters. The van der Waals surface area contributed by atoms with Crippen LogP contribution in [0.3, 0.4) is 0 Å². The number of ether oxygens (including phenoxy) is 2. The average molecular weight is 380 g/mol. The Balaban J connectivity index is 1.53. The molecule has 0 bridgehead atoms. The number of fused-ring (bicyclic) bond motifs is 5. The van der Waals surface area contributed by atoms with E-state index in [4.69, 9.17) is 9.47 Å². The number of hydrogen-bond donors (Lipinski definition) is 0. The van der Waals surface area contributed by atoms with Crippen LogP contribution in [-0.2, 0) is 0 Å². The van der Waals surface area contributed by atoms with Crippen LogP contribution in [0, 0.1) is 5.41 Å².